The van der Waals surface area contributed by atoms with Gasteiger partial charge >= 0.3 is 0 Å². The van der Waals surface area contributed by atoms with Crippen LogP contribution in [-0.2, 0) is 6.61 Å². The van der Waals surface area contributed by atoms with Crippen molar-refractivity contribution in [1.82, 2.24) is 4.98 Å². The highest BCUT2D eigenvalue weighted by Gasteiger charge is 2.14. The van der Waals surface area contributed by atoms with Crippen molar-refractivity contribution >= 4 is 34.3 Å². The predicted octanol–water partition coefficient (Wildman–Crippen LogP) is 8.46. The minimum Gasteiger partial charge on any atom is -0.489 e. The fourth-order valence-electron chi connectivity index (χ4n) is 3.62. The van der Waals surface area contributed by atoms with Gasteiger partial charge in [0.25, 0.3) is 0 Å². The molecule has 0 saturated carbocycles. The number of anilines is 1. The second-order valence-electron chi connectivity index (χ2n) is 8.28. The molecular weight excluding hydrogens is 486 g/mol. The van der Waals surface area contributed by atoms with Crippen molar-refractivity contribution < 1.29 is 4.74 Å². The van der Waals surface area contributed by atoms with Gasteiger partial charge in [0.05, 0.1) is 16.8 Å². The topological polar surface area (TPSA) is 46.5 Å². The van der Waals surface area contributed by atoms with E-state index in [2.05, 4.69) is 53.8 Å². The van der Waals surface area contributed by atoms with Crippen LogP contribution in [0.3, 0.4) is 0 Å². The maximum absolute atomic E-state index is 5.94. The van der Waals surface area contributed by atoms with Crippen molar-refractivity contribution in [2.45, 2.75) is 13.5 Å². The molecule has 5 rings (SSSR count). The van der Waals surface area contributed by atoms with Gasteiger partial charge in [-0.2, -0.15) is 5.10 Å². The van der Waals surface area contributed by atoms with Crippen LogP contribution in [0.1, 0.15) is 16.7 Å². The molecule has 36 heavy (non-hydrogen) atoms. The summed E-state index contributed by atoms with van der Waals surface area (Å²) in [6, 6.07) is 34.2. The molecule has 0 spiro atoms. The molecule has 1 heterocycles. The van der Waals surface area contributed by atoms with Crippen LogP contribution in [0.15, 0.2) is 108 Å². The second-order valence-corrected chi connectivity index (χ2v) is 9.72. The number of aryl methyl sites for hydroxylation is 1. The number of hydrogen-bond donors (Lipinski definition) is 1. The summed E-state index contributed by atoms with van der Waals surface area (Å²) in [6.45, 7) is 2.58. The average molecular weight is 510 g/mol. The van der Waals surface area contributed by atoms with Gasteiger partial charge in [0, 0.05) is 10.6 Å². The van der Waals surface area contributed by atoms with Crippen molar-refractivity contribution in [2.24, 2.45) is 5.10 Å². The molecule has 6 heteroatoms. The van der Waals surface area contributed by atoms with E-state index in [1.807, 2.05) is 66.7 Å². The number of halogens is 1. The lowest BCUT2D eigenvalue weighted by molar-refractivity contribution is 0.306. The Morgan fingerprint density at radius 3 is 2.31 bits per heavy atom. The Balaban J connectivity index is 1.27. The molecule has 0 unspecified atom stereocenters. The standard InChI is InChI=1S/C30H24ClN3OS/c1-21-7-13-24(14-8-21)28-29(25-5-3-2-4-6-25)36-30(33-28)34-32-19-22-11-17-27(18-12-22)35-20-23-9-15-26(31)16-10-23/h2-19H,20H2,1H3,(H,33,34)/b32-19-. The summed E-state index contributed by atoms with van der Waals surface area (Å²) in [5.74, 6) is 0.797. The minimum absolute atomic E-state index is 0.489. The molecule has 1 aromatic heterocycles. The minimum atomic E-state index is 0.489. The first-order valence-corrected chi connectivity index (χ1v) is 12.7. The summed E-state index contributed by atoms with van der Waals surface area (Å²) in [4.78, 5) is 5.97. The Labute approximate surface area is 219 Å². The number of aromatic nitrogens is 1. The normalized spacial score (nSPS) is 11.1. The van der Waals surface area contributed by atoms with Gasteiger partial charge in [0.2, 0.25) is 5.13 Å². The number of hydrazone groups is 1. The molecule has 0 fully saturated rings. The van der Waals surface area contributed by atoms with Gasteiger partial charge in [-0.1, -0.05) is 95.2 Å². The maximum Gasteiger partial charge on any atom is 0.204 e. The highest BCUT2D eigenvalue weighted by molar-refractivity contribution is 7.19. The zero-order valence-electron chi connectivity index (χ0n) is 19.7. The lowest BCUT2D eigenvalue weighted by Crippen LogP contribution is -1.95. The third-order valence-corrected chi connectivity index (χ3v) is 6.82. The van der Waals surface area contributed by atoms with Crippen molar-refractivity contribution in [3.05, 3.63) is 125 Å². The van der Waals surface area contributed by atoms with E-state index in [-0.39, 0.29) is 0 Å². The zero-order valence-corrected chi connectivity index (χ0v) is 21.3. The smallest absolute Gasteiger partial charge is 0.204 e. The summed E-state index contributed by atoms with van der Waals surface area (Å²) in [5, 5.41) is 5.88. The molecule has 4 nitrogen and oxygen atoms in total. The van der Waals surface area contributed by atoms with Gasteiger partial charge in [0.1, 0.15) is 12.4 Å². The Morgan fingerprint density at radius 2 is 1.58 bits per heavy atom. The summed E-state index contributed by atoms with van der Waals surface area (Å²) >= 11 is 7.53. The van der Waals surface area contributed by atoms with Crippen molar-refractivity contribution in [3.63, 3.8) is 0 Å². The van der Waals surface area contributed by atoms with Crippen LogP contribution in [0.25, 0.3) is 21.7 Å². The Bertz CT molecular complexity index is 1450. The fraction of sp³-hybridized carbons (Fsp3) is 0.0667. The molecule has 0 radical (unpaired) electrons. The number of rotatable bonds is 8. The molecule has 178 valence electrons. The van der Waals surface area contributed by atoms with Crippen LogP contribution in [-0.4, -0.2) is 11.2 Å². The quantitative estimate of drug-likeness (QED) is 0.168. The Hall–Kier alpha value is -3.93. The molecule has 0 atom stereocenters. The van der Waals surface area contributed by atoms with Gasteiger partial charge in [0.15, 0.2) is 0 Å². The van der Waals surface area contributed by atoms with Crippen LogP contribution in [0.5, 0.6) is 5.75 Å². The summed E-state index contributed by atoms with van der Waals surface area (Å²) in [7, 11) is 0. The number of benzene rings is 4. The molecular formula is C30H24ClN3OS. The highest BCUT2D eigenvalue weighted by Crippen LogP contribution is 2.39. The second kappa shape index (κ2) is 11.2. The Morgan fingerprint density at radius 1 is 0.861 bits per heavy atom. The van der Waals surface area contributed by atoms with E-state index in [1.54, 1.807) is 17.6 Å². The molecule has 0 amide bonds. The van der Waals surface area contributed by atoms with E-state index >= 15 is 0 Å². The van der Waals surface area contributed by atoms with Crippen LogP contribution >= 0.6 is 22.9 Å². The van der Waals surface area contributed by atoms with Gasteiger partial charge in [-0.25, -0.2) is 4.98 Å². The number of hydrogen-bond acceptors (Lipinski definition) is 5. The van der Waals surface area contributed by atoms with E-state index < -0.39 is 0 Å². The van der Waals surface area contributed by atoms with Gasteiger partial charge in [-0.15, -0.1) is 0 Å². The van der Waals surface area contributed by atoms with E-state index in [9.17, 15) is 0 Å². The number of thiazole rings is 1. The summed E-state index contributed by atoms with van der Waals surface area (Å²) in [5.41, 5.74) is 9.52. The Kier molecular flexibility index (Phi) is 7.41. The molecule has 0 bridgehead atoms. The largest absolute Gasteiger partial charge is 0.489 e. The molecule has 0 aliphatic carbocycles. The SMILES string of the molecule is Cc1ccc(-c2nc(N/N=C\c3ccc(OCc4ccc(Cl)cc4)cc3)sc2-c2ccccc2)cc1. The van der Waals surface area contributed by atoms with Crippen molar-refractivity contribution in [1.29, 1.82) is 0 Å². The van der Waals surface area contributed by atoms with Gasteiger partial charge in [-0.05, 0) is 60.0 Å². The van der Waals surface area contributed by atoms with E-state index in [0.717, 1.165) is 48.7 Å². The van der Waals surface area contributed by atoms with Gasteiger partial charge < -0.3 is 4.74 Å². The van der Waals surface area contributed by atoms with E-state index in [1.165, 1.54) is 5.56 Å². The zero-order chi connectivity index (χ0) is 24.7. The molecule has 1 N–H and O–H groups in total. The molecule has 4 aromatic carbocycles. The van der Waals surface area contributed by atoms with Crippen LogP contribution in [0, 0.1) is 6.92 Å². The lowest BCUT2D eigenvalue weighted by Gasteiger charge is -2.06. The first kappa shape index (κ1) is 23.8. The van der Waals surface area contributed by atoms with Crippen molar-refractivity contribution in [2.75, 3.05) is 5.43 Å². The third kappa shape index (κ3) is 6.00. The maximum atomic E-state index is 5.94. The number of nitrogens with one attached hydrogen (secondary N) is 1. The van der Waals surface area contributed by atoms with E-state index in [4.69, 9.17) is 21.3 Å². The molecule has 0 saturated heterocycles. The molecule has 5 aromatic rings. The molecule has 0 aliphatic heterocycles. The monoisotopic (exact) mass is 509 g/mol. The molecule has 0 aliphatic rings. The van der Waals surface area contributed by atoms with Crippen molar-refractivity contribution in [3.8, 4) is 27.4 Å². The summed E-state index contributed by atoms with van der Waals surface area (Å²) in [6.07, 6.45) is 1.78. The highest BCUT2D eigenvalue weighted by atomic mass is 35.5. The van der Waals surface area contributed by atoms with E-state index in [0.29, 0.717) is 6.61 Å². The number of ether oxygens (including phenoxy) is 1. The van der Waals surface area contributed by atoms with Crippen LogP contribution in [0.4, 0.5) is 5.13 Å². The predicted molar refractivity (Wildman–Crippen MR) is 151 cm³/mol. The average Bonchev–Trinajstić information content (AvgIpc) is 3.34. The lowest BCUT2D eigenvalue weighted by atomic mass is 10.1. The van der Waals surface area contributed by atoms with Crippen LogP contribution < -0.4 is 10.2 Å². The first-order valence-electron chi connectivity index (χ1n) is 11.5. The first-order chi connectivity index (χ1) is 17.6. The third-order valence-electron chi connectivity index (χ3n) is 5.56. The van der Waals surface area contributed by atoms with Crippen LogP contribution in [0.2, 0.25) is 5.02 Å². The number of nitrogens with zero attached hydrogens (tertiary/aromatic N) is 2. The fourth-order valence-corrected chi connectivity index (χ4v) is 4.69. The van der Waals surface area contributed by atoms with Gasteiger partial charge in [-0.3, -0.25) is 5.43 Å². The summed E-state index contributed by atoms with van der Waals surface area (Å²) < 4.78 is 5.86.